The Morgan fingerprint density at radius 1 is 1.16 bits per heavy atom. The molecule has 1 rings (SSSR count). The topological polar surface area (TPSA) is 20.3 Å². The van der Waals surface area contributed by atoms with Gasteiger partial charge in [-0.25, -0.2) is 0 Å². The summed E-state index contributed by atoms with van der Waals surface area (Å²) in [4.78, 5) is 14.5. The lowest BCUT2D eigenvalue weighted by atomic mass is 10.1. The molecule has 0 N–H and O–H groups in total. The highest BCUT2D eigenvalue weighted by molar-refractivity contribution is 8.00. The molecule has 0 fully saturated rings. The number of carbonyl (C=O) groups excluding carboxylic acids is 1. The largest absolute Gasteiger partial charge is 0.342 e. The van der Waals surface area contributed by atoms with Crippen molar-refractivity contribution in [1.82, 2.24) is 4.90 Å². The summed E-state index contributed by atoms with van der Waals surface area (Å²) in [6.45, 7) is 10.0. The van der Waals surface area contributed by atoms with Gasteiger partial charge in [0.15, 0.2) is 0 Å². The number of nitrogens with zero attached hydrogens (tertiary/aromatic N) is 1. The Labute approximate surface area is 121 Å². The van der Waals surface area contributed by atoms with Crippen molar-refractivity contribution in [3.05, 3.63) is 35.9 Å². The standard InChI is InChI=1S/C16H25NOS/c1-5-17(6-2)16(18)15(19-12-13(3)4)14-10-8-7-9-11-14/h7-11,13,15H,5-6,12H2,1-4H3. The molecule has 1 aromatic rings. The van der Waals surface area contributed by atoms with Gasteiger partial charge in [0, 0.05) is 13.1 Å². The fourth-order valence-corrected chi connectivity index (χ4v) is 3.15. The van der Waals surface area contributed by atoms with Gasteiger partial charge in [-0.3, -0.25) is 4.79 Å². The van der Waals surface area contributed by atoms with Gasteiger partial charge in [-0.05, 0) is 31.1 Å². The van der Waals surface area contributed by atoms with E-state index in [9.17, 15) is 4.79 Å². The van der Waals surface area contributed by atoms with Crippen molar-refractivity contribution in [2.45, 2.75) is 32.9 Å². The summed E-state index contributed by atoms with van der Waals surface area (Å²) in [5.74, 6) is 1.84. The third-order valence-corrected chi connectivity index (χ3v) is 4.66. The van der Waals surface area contributed by atoms with Gasteiger partial charge in [-0.2, -0.15) is 0 Å². The van der Waals surface area contributed by atoms with E-state index in [0.29, 0.717) is 5.92 Å². The monoisotopic (exact) mass is 279 g/mol. The zero-order chi connectivity index (χ0) is 14.3. The Morgan fingerprint density at radius 2 is 1.74 bits per heavy atom. The molecule has 1 unspecified atom stereocenters. The van der Waals surface area contributed by atoms with Gasteiger partial charge in [0.2, 0.25) is 5.91 Å². The molecule has 0 bridgehead atoms. The molecule has 0 aliphatic carbocycles. The first kappa shape index (κ1) is 16.1. The van der Waals surface area contributed by atoms with Gasteiger partial charge in [0.1, 0.15) is 5.25 Å². The van der Waals surface area contributed by atoms with Crippen LogP contribution in [0, 0.1) is 5.92 Å². The first-order valence-corrected chi connectivity index (χ1v) is 8.10. The predicted octanol–water partition coefficient (Wildman–Crippen LogP) is 3.99. The lowest BCUT2D eigenvalue weighted by molar-refractivity contribution is -0.130. The molecule has 2 nitrogen and oxygen atoms in total. The van der Waals surface area contributed by atoms with Gasteiger partial charge in [0.25, 0.3) is 0 Å². The molecule has 0 heterocycles. The molecule has 106 valence electrons. The van der Waals surface area contributed by atoms with Gasteiger partial charge < -0.3 is 4.90 Å². The van der Waals surface area contributed by atoms with Crippen LogP contribution in [0.3, 0.4) is 0 Å². The van der Waals surface area contributed by atoms with Crippen LogP contribution in [0.2, 0.25) is 0 Å². The molecule has 0 aliphatic rings. The number of benzene rings is 1. The highest BCUT2D eigenvalue weighted by Gasteiger charge is 2.24. The lowest BCUT2D eigenvalue weighted by Crippen LogP contribution is -2.34. The molecule has 1 amide bonds. The molecular formula is C16H25NOS. The van der Waals surface area contributed by atoms with E-state index < -0.39 is 0 Å². The first-order valence-electron chi connectivity index (χ1n) is 7.05. The van der Waals surface area contributed by atoms with E-state index >= 15 is 0 Å². The Balaban J connectivity index is 2.89. The molecule has 0 aromatic heterocycles. The number of rotatable bonds is 7. The van der Waals surface area contributed by atoms with Crippen LogP contribution < -0.4 is 0 Å². The van der Waals surface area contributed by atoms with Crippen molar-refractivity contribution >= 4 is 17.7 Å². The minimum Gasteiger partial charge on any atom is -0.342 e. The molecule has 0 spiro atoms. The zero-order valence-electron chi connectivity index (χ0n) is 12.4. The number of hydrogen-bond acceptors (Lipinski definition) is 2. The molecule has 0 saturated heterocycles. The normalized spacial score (nSPS) is 12.5. The van der Waals surface area contributed by atoms with E-state index in [2.05, 4.69) is 26.0 Å². The number of hydrogen-bond donors (Lipinski definition) is 0. The van der Waals surface area contributed by atoms with Crippen LogP contribution in [0.1, 0.15) is 38.5 Å². The van der Waals surface area contributed by atoms with Crippen molar-refractivity contribution < 1.29 is 4.79 Å². The SMILES string of the molecule is CCN(CC)C(=O)C(SCC(C)C)c1ccccc1. The second kappa shape index (κ2) is 8.26. The van der Waals surface area contributed by atoms with Crippen molar-refractivity contribution in [1.29, 1.82) is 0 Å². The van der Waals surface area contributed by atoms with Crippen LogP contribution >= 0.6 is 11.8 Å². The molecule has 0 saturated carbocycles. The summed E-state index contributed by atoms with van der Waals surface area (Å²) in [6.07, 6.45) is 0. The van der Waals surface area contributed by atoms with Crippen LogP contribution in [0.5, 0.6) is 0 Å². The van der Waals surface area contributed by atoms with Crippen molar-refractivity contribution in [3.8, 4) is 0 Å². The molecule has 3 heteroatoms. The molecule has 1 aromatic carbocycles. The highest BCUT2D eigenvalue weighted by atomic mass is 32.2. The molecule has 0 radical (unpaired) electrons. The highest BCUT2D eigenvalue weighted by Crippen LogP contribution is 2.32. The minimum absolute atomic E-state index is 0.0662. The van der Waals surface area contributed by atoms with Crippen LogP contribution in [-0.4, -0.2) is 29.6 Å². The second-order valence-corrected chi connectivity index (χ2v) is 6.17. The Morgan fingerprint density at radius 3 is 2.21 bits per heavy atom. The number of amides is 1. The lowest BCUT2D eigenvalue weighted by Gasteiger charge is -2.25. The smallest absolute Gasteiger partial charge is 0.240 e. The van der Waals surface area contributed by atoms with Crippen molar-refractivity contribution in [3.63, 3.8) is 0 Å². The Bertz CT molecular complexity index is 374. The van der Waals surface area contributed by atoms with Gasteiger partial charge in [0.05, 0.1) is 0 Å². The van der Waals surface area contributed by atoms with E-state index in [1.807, 2.05) is 36.9 Å². The van der Waals surface area contributed by atoms with Gasteiger partial charge in [-0.1, -0.05) is 44.2 Å². The fraction of sp³-hybridized carbons (Fsp3) is 0.562. The van der Waals surface area contributed by atoms with E-state index in [1.165, 1.54) is 0 Å². The summed E-state index contributed by atoms with van der Waals surface area (Å²) in [6, 6.07) is 10.1. The maximum absolute atomic E-state index is 12.6. The maximum Gasteiger partial charge on any atom is 0.240 e. The van der Waals surface area contributed by atoms with Gasteiger partial charge >= 0.3 is 0 Å². The van der Waals surface area contributed by atoms with Crippen LogP contribution in [0.25, 0.3) is 0 Å². The average Bonchev–Trinajstić information content (AvgIpc) is 2.41. The van der Waals surface area contributed by atoms with Crippen LogP contribution in [0.15, 0.2) is 30.3 Å². The zero-order valence-corrected chi connectivity index (χ0v) is 13.2. The van der Waals surface area contributed by atoms with Crippen molar-refractivity contribution in [2.24, 2.45) is 5.92 Å². The fourth-order valence-electron chi connectivity index (χ4n) is 1.93. The quantitative estimate of drug-likeness (QED) is 0.752. The summed E-state index contributed by atoms with van der Waals surface area (Å²) in [5.41, 5.74) is 1.12. The van der Waals surface area contributed by atoms with E-state index in [-0.39, 0.29) is 11.2 Å². The van der Waals surface area contributed by atoms with E-state index in [1.54, 1.807) is 11.8 Å². The molecule has 1 atom stereocenters. The first-order chi connectivity index (χ1) is 9.10. The predicted molar refractivity (Wildman–Crippen MR) is 84.4 cm³/mol. The number of carbonyl (C=O) groups is 1. The number of likely N-dealkylation sites (N-methyl/N-ethyl adjacent to an activating group) is 1. The van der Waals surface area contributed by atoms with E-state index in [0.717, 1.165) is 24.4 Å². The van der Waals surface area contributed by atoms with E-state index in [4.69, 9.17) is 0 Å². The second-order valence-electron chi connectivity index (χ2n) is 5.03. The molecule has 0 aliphatic heterocycles. The summed E-state index contributed by atoms with van der Waals surface area (Å²) in [7, 11) is 0. The average molecular weight is 279 g/mol. The summed E-state index contributed by atoms with van der Waals surface area (Å²) < 4.78 is 0. The van der Waals surface area contributed by atoms with Gasteiger partial charge in [-0.15, -0.1) is 11.8 Å². The Kier molecular flexibility index (Phi) is 7.00. The number of thioether (sulfide) groups is 1. The third kappa shape index (κ3) is 4.90. The van der Waals surface area contributed by atoms with Crippen LogP contribution in [-0.2, 0) is 4.79 Å². The van der Waals surface area contributed by atoms with Crippen molar-refractivity contribution in [2.75, 3.05) is 18.8 Å². The third-order valence-electron chi connectivity index (χ3n) is 3.00. The maximum atomic E-state index is 12.6. The Hall–Kier alpha value is -0.960. The minimum atomic E-state index is -0.0662. The molecular weight excluding hydrogens is 254 g/mol. The molecule has 19 heavy (non-hydrogen) atoms. The summed E-state index contributed by atoms with van der Waals surface area (Å²) in [5, 5.41) is -0.0662. The summed E-state index contributed by atoms with van der Waals surface area (Å²) >= 11 is 1.76. The van der Waals surface area contributed by atoms with Crippen LogP contribution in [0.4, 0.5) is 0 Å².